The second-order valence-corrected chi connectivity index (χ2v) is 38.1. The van der Waals surface area contributed by atoms with Crippen molar-refractivity contribution in [2.75, 3.05) is 214 Å². The summed E-state index contributed by atoms with van der Waals surface area (Å²) in [5.41, 5.74) is 0.172. The van der Waals surface area contributed by atoms with Gasteiger partial charge in [-0.2, -0.15) is 13.2 Å². The highest BCUT2D eigenvalue weighted by Crippen LogP contribution is 2.27. The molecule has 7 rings (SSSR count). The van der Waals surface area contributed by atoms with Gasteiger partial charge in [-0.1, -0.05) is 165 Å². The maximum absolute atomic E-state index is 10.8. The SMILES string of the molecule is C.CC(=O)OC(C)(C)C.CC(C)(C)C.CC(C)=O.CC1CC1.CC1COC1.CCC.CCC(=O)O.CCC(C)=O.CCC(C)=O.CCC(C)=O.CCC(F)(F)F.CCCN(C)C.CCCN1CCCC1.CCCN1CCOCC1.CCCO.CCOC(=O)CC.CCOC(=O)CC.CCOC(C)=O.CN(C)C.COC(C)=O.COCCN1CCCC1.COCCN1CCCCC1.CS(=O)(=O)C1CC1. The number of aliphatic hydroxyl groups excluding tert-OH is 1. The number of alkyl halides is 3. The average molecular weight is 2030 g/mol. The van der Waals surface area contributed by atoms with Crippen molar-refractivity contribution in [2.24, 2.45) is 17.3 Å². The van der Waals surface area contributed by atoms with Crippen molar-refractivity contribution < 1.29 is 122 Å². The monoisotopic (exact) mass is 2030 g/mol. The Balaban J connectivity index is -0.0000000743. The number of piperidine rings is 1. The molecule has 0 atom stereocenters. The Labute approximate surface area is 848 Å². The molecular weight excluding hydrogens is 1800 g/mol. The summed E-state index contributed by atoms with van der Waals surface area (Å²) >= 11 is 0. The number of hydrogen-bond donors (Lipinski definition) is 2. The number of likely N-dealkylation sites (tertiary alicyclic amines) is 3. The minimum absolute atomic E-state index is 0. The van der Waals surface area contributed by atoms with E-state index in [2.05, 4.69) is 134 Å². The Bertz CT molecular complexity index is 2510. The fourth-order valence-corrected chi connectivity index (χ4v) is 8.71. The zero-order chi connectivity index (χ0) is 111. The first-order valence-electron chi connectivity index (χ1n) is 50.4. The van der Waals surface area contributed by atoms with Crippen LogP contribution < -0.4 is 0 Å². The molecule has 29 nitrogen and oxygen atoms in total. The van der Waals surface area contributed by atoms with Crippen LogP contribution in [0.2, 0.25) is 0 Å². The van der Waals surface area contributed by atoms with Crippen molar-refractivity contribution >= 4 is 68.8 Å². The van der Waals surface area contributed by atoms with E-state index < -0.39 is 28.4 Å². The van der Waals surface area contributed by atoms with Gasteiger partial charge < -0.3 is 96.5 Å². The summed E-state index contributed by atoms with van der Waals surface area (Å²) in [6, 6.07) is 0. The van der Waals surface area contributed by atoms with Gasteiger partial charge >= 0.3 is 42.0 Å². The number of carbonyl (C=O) groups excluding carboxylic acids is 9. The molecule has 2 aliphatic carbocycles. The Morgan fingerprint density at radius 2 is 0.688 bits per heavy atom. The molecule has 7 aliphatic rings. The Morgan fingerprint density at radius 3 is 0.790 bits per heavy atom. The highest BCUT2D eigenvalue weighted by atomic mass is 32.2. The zero-order valence-corrected chi connectivity index (χ0v) is 97.3. The molecular formula is C105H227F3N6O23S. The summed E-state index contributed by atoms with van der Waals surface area (Å²) < 4.78 is 95.6. The summed E-state index contributed by atoms with van der Waals surface area (Å²) in [6.45, 7) is 84.2. The van der Waals surface area contributed by atoms with Crippen LogP contribution in [0.15, 0.2) is 0 Å². The average Bonchev–Trinajstić information content (AvgIpc) is 1.71. The fraction of sp³-hybridized carbons (Fsp3) is 0.905. The lowest BCUT2D eigenvalue weighted by atomic mass is 10.0. The van der Waals surface area contributed by atoms with E-state index in [1.165, 1.54) is 190 Å². The van der Waals surface area contributed by atoms with E-state index in [-0.39, 0.29) is 77.7 Å². The molecule has 0 aromatic heterocycles. The van der Waals surface area contributed by atoms with E-state index in [0.29, 0.717) is 63.9 Å². The lowest BCUT2D eigenvalue weighted by Crippen LogP contribution is -2.36. The molecule has 138 heavy (non-hydrogen) atoms. The van der Waals surface area contributed by atoms with Gasteiger partial charge in [-0.15, -0.1) is 0 Å². The molecule has 2 saturated carbocycles. The quantitative estimate of drug-likeness (QED) is 0.0709. The first-order valence-corrected chi connectivity index (χ1v) is 52.4. The highest BCUT2D eigenvalue weighted by molar-refractivity contribution is 7.91. The van der Waals surface area contributed by atoms with Gasteiger partial charge in [0, 0.05) is 125 Å². The van der Waals surface area contributed by atoms with E-state index in [1.54, 1.807) is 76.5 Å². The third-order valence-corrected chi connectivity index (χ3v) is 17.1. The smallest absolute Gasteiger partial charge is 0.388 e. The molecule has 2 N–H and O–H groups in total. The summed E-state index contributed by atoms with van der Waals surface area (Å²) in [7, 11) is 12.4. The molecule has 0 spiro atoms. The molecule has 0 radical (unpaired) electrons. The summed E-state index contributed by atoms with van der Waals surface area (Å²) in [4.78, 5) is 112. The second kappa shape index (κ2) is 132. The molecule has 0 bridgehead atoms. The number of methoxy groups -OCH3 is 3. The number of halogens is 3. The minimum Gasteiger partial charge on any atom is -0.481 e. The lowest BCUT2D eigenvalue weighted by molar-refractivity contribution is -0.152. The first-order chi connectivity index (χ1) is 63.4. The molecule has 0 unspecified atom stereocenters. The van der Waals surface area contributed by atoms with Crippen molar-refractivity contribution in [1.82, 2.24) is 29.4 Å². The largest absolute Gasteiger partial charge is 0.481 e. The number of hydrogen-bond acceptors (Lipinski definition) is 28. The number of carboxylic acids is 1. The van der Waals surface area contributed by atoms with Gasteiger partial charge in [-0.25, -0.2) is 8.42 Å². The number of carboxylic acid groups (broad SMARTS) is 1. The number of aliphatic hydroxyl groups is 1. The molecule has 842 valence electrons. The first kappa shape index (κ1) is 172. The van der Waals surface area contributed by atoms with Crippen LogP contribution in [-0.2, 0) is 100 Å². The molecule has 0 aromatic carbocycles. The van der Waals surface area contributed by atoms with Crippen molar-refractivity contribution in [3.05, 3.63) is 0 Å². The molecule has 0 aromatic rings. The summed E-state index contributed by atoms with van der Waals surface area (Å²) in [5, 5.41) is 15.6. The predicted octanol–water partition coefficient (Wildman–Crippen LogP) is 22.0. The van der Waals surface area contributed by atoms with Crippen molar-refractivity contribution in [3.8, 4) is 0 Å². The number of Topliss-reactive ketones (excluding diaryl/α,β-unsaturated/α-hetero) is 4. The number of ether oxygens (including phenoxy) is 9. The third-order valence-electron chi connectivity index (χ3n) is 15.4. The summed E-state index contributed by atoms with van der Waals surface area (Å²) in [6.07, 6.45) is 20.3. The maximum Gasteiger partial charge on any atom is 0.388 e. The molecule has 0 amide bonds. The fourth-order valence-electron chi connectivity index (χ4n) is 7.72. The Hall–Kier alpha value is -5.20. The van der Waals surface area contributed by atoms with E-state index in [0.717, 1.165) is 104 Å². The Kier molecular flexibility index (Phi) is 164. The van der Waals surface area contributed by atoms with E-state index in [1.807, 2.05) is 74.5 Å². The zero-order valence-electron chi connectivity index (χ0n) is 96.5. The number of rotatable bonds is 23. The van der Waals surface area contributed by atoms with Crippen LogP contribution in [0.4, 0.5) is 13.2 Å². The van der Waals surface area contributed by atoms with E-state index in [9.17, 15) is 69.5 Å². The van der Waals surface area contributed by atoms with Crippen molar-refractivity contribution in [2.45, 2.75) is 401 Å². The van der Waals surface area contributed by atoms with Crippen LogP contribution in [0.5, 0.6) is 0 Å². The molecule has 7 fully saturated rings. The number of nitrogens with zero attached hydrogens (tertiary/aromatic N) is 6. The number of esters is 5. The summed E-state index contributed by atoms with van der Waals surface area (Å²) in [5.74, 6) is 1.19. The molecule has 5 heterocycles. The van der Waals surface area contributed by atoms with E-state index in [4.69, 9.17) is 33.9 Å². The van der Waals surface area contributed by atoms with Gasteiger partial charge in [0.1, 0.15) is 38.6 Å². The van der Waals surface area contributed by atoms with Crippen LogP contribution in [0.3, 0.4) is 0 Å². The lowest BCUT2D eigenvalue weighted by Gasteiger charge is -2.25. The third kappa shape index (κ3) is 262. The number of carbonyl (C=O) groups is 10. The van der Waals surface area contributed by atoms with Crippen LogP contribution in [0.25, 0.3) is 0 Å². The van der Waals surface area contributed by atoms with Gasteiger partial charge in [0.2, 0.25) is 0 Å². The molecule has 5 saturated heterocycles. The Morgan fingerprint density at radius 1 is 0.435 bits per heavy atom. The van der Waals surface area contributed by atoms with Crippen LogP contribution >= 0.6 is 0 Å². The predicted molar refractivity (Wildman–Crippen MR) is 572 cm³/mol. The number of ketones is 4. The number of sulfone groups is 1. The standard InChI is InChI=1S/C8H17NO.2C7H15NO.C7H15N.C6H12O2.C5H13N.2C5H10O2.C5H12.C4H8O2S.C4H8O2.4C4H8O.C4H8.C3H5F3.C3H9N.2C3H6O2.C3H6O.C3H8O.C3H8.CH4/c1-10-8-7-9-5-3-2-4-6-9;1-9-7-6-8-4-2-3-5-8;1-2-3-8-4-6-9-7-5-8;1-2-5-8-6-3-4-7-8;1-5(7)8-6(2,3)4;1-4-5-6(2)3;2*1-3-5(6)7-4-2;1-5(2,3)4;1-7(5,6)4-2-3-4;1-3-6-4(2)5;1-4-2-5-3-4;3*1-3-4(2)5;1-4-2-3-4;1-2-3(4,5)6;1-4(2)3;1-3(4)5-2;1-2-3(4)5;1-3(2)4;1-2-3-4;1-3-2;/h2-8H2,1H3;2*2-7H2,1H3;2-7H2,1H3;1-4H3;4-5H2,1-3H3;2*3-4H2,1-2H3;1-4H3;4H,2-3H2,1H3;3H2,1-2H3;4H,2-3H2,1H3;3*3H2,1-2H3;4H,2-3H2,1H3;2H2,1H3;1-3H3;1-2H3;2H2,1H3,(H,4,5);1-2H3;4H,2-3H2,1H3;3H2,1-2H3;1H4. The van der Waals surface area contributed by atoms with Crippen molar-refractivity contribution in [3.63, 3.8) is 0 Å². The van der Waals surface area contributed by atoms with Gasteiger partial charge in [0.15, 0.2) is 0 Å². The van der Waals surface area contributed by atoms with Crippen LogP contribution in [-0.4, -0.2) is 338 Å². The molecule has 5 aliphatic heterocycles. The minimum atomic E-state index is -3.96. The normalized spacial score (nSPS) is 13.8. The maximum atomic E-state index is 10.8. The van der Waals surface area contributed by atoms with Crippen LogP contribution in [0.1, 0.15) is 384 Å². The highest BCUT2D eigenvalue weighted by Gasteiger charge is 2.31. The topological polar surface area (TPSA) is 348 Å². The number of aliphatic carboxylic acids is 1. The van der Waals surface area contributed by atoms with Gasteiger partial charge in [-0.05, 0) is 259 Å². The van der Waals surface area contributed by atoms with Gasteiger partial charge in [-0.3, -0.25) is 33.7 Å². The molecule has 33 heteroatoms. The van der Waals surface area contributed by atoms with Gasteiger partial charge in [0.25, 0.3) is 0 Å². The number of morpholine rings is 1. The van der Waals surface area contributed by atoms with E-state index >= 15 is 0 Å². The van der Waals surface area contributed by atoms with Crippen LogP contribution in [0, 0.1) is 17.3 Å². The second-order valence-electron chi connectivity index (χ2n) is 35.8. The van der Waals surface area contributed by atoms with Crippen molar-refractivity contribution in [1.29, 1.82) is 0 Å². The van der Waals surface area contributed by atoms with Gasteiger partial charge in [0.05, 0.1) is 71.8 Å².